The number of hydrogen-bond acceptors (Lipinski definition) is 1. The summed E-state index contributed by atoms with van der Waals surface area (Å²) in [4.78, 5) is 2.18. The lowest BCUT2D eigenvalue weighted by molar-refractivity contribution is 0.403. The Morgan fingerprint density at radius 2 is 1.81 bits per heavy atom. The molecule has 0 aromatic heterocycles. The zero-order valence-electron chi connectivity index (χ0n) is 9.77. The molecule has 0 amide bonds. The van der Waals surface area contributed by atoms with Gasteiger partial charge in [0.15, 0.2) is 0 Å². The van der Waals surface area contributed by atoms with E-state index in [1.165, 1.54) is 16.7 Å². The van der Waals surface area contributed by atoms with E-state index in [4.69, 9.17) is 0 Å². The van der Waals surface area contributed by atoms with Gasteiger partial charge in [-0.3, -0.25) is 0 Å². The van der Waals surface area contributed by atoms with Crippen molar-refractivity contribution in [2.24, 2.45) is 0 Å². The van der Waals surface area contributed by atoms with Crippen molar-refractivity contribution in [1.29, 1.82) is 0 Å². The van der Waals surface area contributed by atoms with E-state index in [0.717, 1.165) is 6.54 Å². The van der Waals surface area contributed by atoms with E-state index < -0.39 is 0 Å². The largest absolute Gasteiger partial charge is 0.305 e. The summed E-state index contributed by atoms with van der Waals surface area (Å²) in [6, 6.07) is 19.8. The fourth-order valence-corrected chi connectivity index (χ4v) is 1.84. The molecule has 0 unspecified atom stereocenters. The highest BCUT2D eigenvalue weighted by molar-refractivity contribution is 5.67. The van der Waals surface area contributed by atoms with E-state index in [1.54, 1.807) is 0 Å². The van der Waals surface area contributed by atoms with Crippen molar-refractivity contribution >= 4 is 0 Å². The molecule has 0 bridgehead atoms. The molecule has 0 spiro atoms. The molecule has 0 saturated carbocycles. The molecule has 16 heavy (non-hydrogen) atoms. The molecular weight excluding hydrogens is 194 g/mol. The Hall–Kier alpha value is -1.60. The maximum atomic E-state index is 3.15. The lowest BCUT2D eigenvalue weighted by Gasteiger charge is -2.14. The smallest absolute Gasteiger partial charge is 0.0234 e. The van der Waals surface area contributed by atoms with E-state index in [1.807, 2.05) is 12.1 Å². The molecule has 1 radical (unpaired) electrons. The second kappa shape index (κ2) is 4.95. The summed E-state index contributed by atoms with van der Waals surface area (Å²) >= 11 is 0. The molecule has 1 nitrogen and oxygen atoms in total. The quantitative estimate of drug-likeness (QED) is 0.752. The second-order valence-corrected chi connectivity index (χ2v) is 4.19. The molecule has 1 heteroatoms. The van der Waals surface area contributed by atoms with Gasteiger partial charge in [-0.2, -0.15) is 0 Å². The minimum absolute atomic E-state index is 0.946. The van der Waals surface area contributed by atoms with Gasteiger partial charge in [-0.1, -0.05) is 42.5 Å². The summed E-state index contributed by atoms with van der Waals surface area (Å²) in [6.45, 7) is 0.946. The highest BCUT2D eigenvalue weighted by atomic mass is 15.0. The van der Waals surface area contributed by atoms with Gasteiger partial charge in [-0.15, -0.1) is 0 Å². The van der Waals surface area contributed by atoms with Gasteiger partial charge in [-0.25, -0.2) is 0 Å². The van der Waals surface area contributed by atoms with E-state index in [0.29, 0.717) is 0 Å². The predicted octanol–water partition coefficient (Wildman–Crippen LogP) is 3.22. The molecule has 0 fully saturated rings. The standard InChI is InChI=1S/C15H16N/c1-16(2)12-14-10-6-7-11-15(14)13-8-4-3-5-9-13/h3-5,7-11H,12H2,1-2H3. The van der Waals surface area contributed by atoms with Gasteiger partial charge in [0.1, 0.15) is 0 Å². The van der Waals surface area contributed by atoms with Crippen LogP contribution in [0.2, 0.25) is 0 Å². The van der Waals surface area contributed by atoms with Crippen LogP contribution in [-0.2, 0) is 6.54 Å². The molecule has 0 atom stereocenters. The van der Waals surface area contributed by atoms with Gasteiger partial charge in [0.05, 0.1) is 0 Å². The third-order valence-electron chi connectivity index (χ3n) is 2.52. The highest BCUT2D eigenvalue weighted by Crippen LogP contribution is 2.23. The van der Waals surface area contributed by atoms with Crippen LogP contribution in [0.3, 0.4) is 0 Å². The zero-order valence-corrected chi connectivity index (χ0v) is 9.77. The maximum absolute atomic E-state index is 3.15. The van der Waals surface area contributed by atoms with E-state index in [9.17, 15) is 0 Å². The maximum Gasteiger partial charge on any atom is 0.0234 e. The molecule has 0 heterocycles. The fraction of sp³-hybridized carbons (Fsp3) is 0.200. The van der Waals surface area contributed by atoms with E-state index >= 15 is 0 Å². The second-order valence-electron chi connectivity index (χ2n) is 4.19. The Morgan fingerprint density at radius 1 is 1.06 bits per heavy atom. The van der Waals surface area contributed by atoms with Crippen molar-refractivity contribution in [3.05, 3.63) is 60.2 Å². The SMILES string of the molecule is CN(C)Cc1c[c]ccc1-c1ccccc1. The van der Waals surface area contributed by atoms with Crippen LogP contribution >= 0.6 is 0 Å². The first-order chi connectivity index (χ1) is 7.77. The number of hydrogen-bond donors (Lipinski definition) is 0. The zero-order chi connectivity index (χ0) is 11.4. The van der Waals surface area contributed by atoms with Crippen LogP contribution < -0.4 is 0 Å². The van der Waals surface area contributed by atoms with E-state index in [-0.39, 0.29) is 0 Å². The molecular formula is C15H16N. The highest BCUT2D eigenvalue weighted by Gasteiger charge is 2.04. The third-order valence-corrected chi connectivity index (χ3v) is 2.52. The third kappa shape index (κ3) is 2.50. The molecule has 0 saturated heterocycles. The first kappa shape index (κ1) is 10.9. The van der Waals surface area contributed by atoms with Crippen LogP contribution in [0, 0.1) is 6.07 Å². The topological polar surface area (TPSA) is 3.24 Å². The van der Waals surface area contributed by atoms with Gasteiger partial charge in [0, 0.05) is 6.54 Å². The molecule has 81 valence electrons. The lowest BCUT2D eigenvalue weighted by Crippen LogP contribution is -2.11. The average Bonchev–Trinajstić information content (AvgIpc) is 2.30. The van der Waals surface area contributed by atoms with Gasteiger partial charge in [-0.05, 0) is 42.9 Å². The number of benzene rings is 2. The summed E-state index contributed by atoms with van der Waals surface area (Å²) < 4.78 is 0. The van der Waals surface area contributed by atoms with Crippen LogP contribution in [0.1, 0.15) is 5.56 Å². The summed E-state index contributed by atoms with van der Waals surface area (Å²) in [5.41, 5.74) is 3.89. The normalized spacial score (nSPS) is 10.7. The molecule has 0 N–H and O–H groups in total. The van der Waals surface area contributed by atoms with Crippen LogP contribution in [0.25, 0.3) is 11.1 Å². The fourth-order valence-electron chi connectivity index (χ4n) is 1.84. The lowest BCUT2D eigenvalue weighted by atomic mass is 9.99. The van der Waals surface area contributed by atoms with Crippen molar-refractivity contribution in [3.8, 4) is 11.1 Å². The van der Waals surface area contributed by atoms with Crippen molar-refractivity contribution in [3.63, 3.8) is 0 Å². The summed E-state index contributed by atoms with van der Waals surface area (Å²) in [5.74, 6) is 0. The van der Waals surface area contributed by atoms with Crippen LogP contribution in [-0.4, -0.2) is 19.0 Å². The monoisotopic (exact) mass is 210 g/mol. The Bertz CT molecular complexity index is 446. The van der Waals surface area contributed by atoms with Crippen LogP contribution in [0.5, 0.6) is 0 Å². The van der Waals surface area contributed by atoms with Crippen molar-refractivity contribution in [1.82, 2.24) is 4.90 Å². The molecule has 0 aliphatic heterocycles. The summed E-state index contributed by atoms with van der Waals surface area (Å²) in [5, 5.41) is 0. The van der Waals surface area contributed by atoms with Gasteiger partial charge in [0.2, 0.25) is 0 Å². The van der Waals surface area contributed by atoms with Crippen LogP contribution in [0.15, 0.2) is 48.5 Å². The molecule has 2 rings (SSSR count). The Morgan fingerprint density at radius 3 is 2.50 bits per heavy atom. The minimum atomic E-state index is 0.946. The van der Waals surface area contributed by atoms with Crippen molar-refractivity contribution < 1.29 is 0 Å². The average molecular weight is 210 g/mol. The van der Waals surface area contributed by atoms with Gasteiger partial charge >= 0.3 is 0 Å². The Balaban J connectivity index is 2.41. The summed E-state index contributed by atoms with van der Waals surface area (Å²) in [6.07, 6.45) is 0. The van der Waals surface area contributed by atoms with Crippen molar-refractivity contribution in [2.45, 2.75) is 6.54 Å². The van der Waals surface area contributed by atoms with E-state index in [2.05, 4.69) is 61.5 Å². The van der Waals surface area contributed by atoms with Gasteiger partial charge < -0.3 is 4.90 Å². The molecule has 2 aromatic carbocycles. The number of nitrogens with zero attached hydrogens (tertiary/aromatic N) is 1. The summed E-state index contributed by atoms with van der Waals surface area (Å²) in [7, 11) is 4.17. The molecule has 2 aromatic rings. The predicted molar refractivity (Wildman–Crippen MR) is 68.1 cm³/mol. The Labute approximate surface area is 97.3 Å². The Kier molecular flexibility index (Phi) is 3.37. The van der Waals surface area contributed by atoms with Gasteiger partial charge in [0.25, 0.3) is 0 Å². The minimum Gasteiger partial charge on any atom is -0.305 e. The van der Waals surface area contributed by atoms with Crippen molar-refractivity contribution in [2.75, 3.05) is 14.1 Å². The van der Waals surface area contributed by atoms with Crippen LogP contribution in [0.4, 0.5) is 0 Å². The first-order valence-electron chi connectivity index (χ1n) is 5.46. The molecule has 0 aliphatic rings. The molecule has 0 aliphatic carbocycles. The first-order valence-corrected chi connectivity index (χ1v) is 5.46. The number of rotatable bonds is 3.